The van der Waals surface area contributed by atoms with Crippen molar-refractivity contribution in [3.63, 3.8) is 0 Å². The van der Waals surface area contributed by atoms with Crippen LogP contribution in [-0.4, -0.2) is 5.11 Å². The number of alkyl halides is 6. The molecule has 0 aliphatic rings. The first-order chi connectivity index (χ1) is 7.57. The van der Waals surface area contributed by atoms with E-state index in [0.29, 0.717) is 0 Å². The molecule has 0 saturated heterocycles. The van der Waals surface area contributed by atoms with Gasteiger partial charge in [-0.15, -0.1) is 0 Å². The van der Waals surface area contributed by atoms with Gasteiger partial charge in [-0.25, -0.2) is 0 Å². The highest BCUT2D eigenvalue weighted by Gasteiger charge is 2.39. The normalized spacial score (nSPS) is 12.3. The van der Waals surface area contributed by atoms with E-state index in [1.165, 1.54) is 0 Å². The van der Waals surface area contributed by atoms with E-state index in [1.807, 2.05) is 0 Å². The highest BCUT2D eigenvalue weighted by atomic mass is 19.4. The summed E-state index contributed by atoms with van der Waals surface area (Å²) in [4.78, 5) is 0. The number of nitrogens with zero attached hydrogens (tertiary/aromatic N) is 1. The molecule has 2 nitrogen and oxygen atoms in total. The Hall–Kier alpha value is -1.91. The minimum atomic E-state index is -5.03. The SMILES string of the molecule is N#Cc1cc(C(F)(F)F)c(O)cc1C(F)(F)F. The molecule has 1 rings (SSSR count). The van der Waals surface area contributed by atoms with E-state index in [0.717, 1.165) is 6.07 Å². The van der Waals surface area contributed by atoms with Crippen LogP contribution in [0.1, 0.15) is 16.7 Å². The first-order valence-corrected chi connectivity index (χ1v) is 3.99. The van der Waals surface area contributed by atoms with Crippen LogP contribution < -0.4 is 0 Å². The molecule has 0 radical (unpaired) electrons. The van der Waals surface area contributed by atoms with Gasteiger partial charge in [0.25, 0.3) is 0 Å². The van der Waals surface area contributed by atoms with E-state index in [1.54, 1.807) is 0 Å². The van der Waals surface area contributed by atoms with Crippen molar-refractivity contribution in [2.24, 2.45) is 0 Å². The fourth-order valence-electron chi connectivity index (χ4n) is 1.14. The smallest absolute Gasteiger partial charge is 0.419 e. The number of aromatic hydroxyl groups is 1. The lowest BCUT2D eigenvalue weighted by atomic mass is 10.0. The molecule has 0 aliphatic carbocycles. The van der Waals surface area contributed by atoms with Gasteiger partial charge in [0.15, 0.2) is 0 Å². The molecule has 8 heteroatoms. The molecule has 0 unspecified atom stereocenters. The average Bonchev–Trinajstić information content (AvgIpc) is 2.14. The maximum Gasteiger partial charge on any atom is 0.419 e. The summed E-state index contributed by atoms with van der Waals surface area (Å²) in [6.07, 6.45) is -10.0. The minimum Gasteiger partial charge on any atom is -0.507 e. The number of hydrogen-bond donors (Lipinski definition) is 1. The Labute approximate surface area is 90.7 Å². The summed E-state index contributed by atoms with van der Waals surface area (Å²) in [6.45, 7) is 0. The Kier molecular flexibility index (Phi) is 2.97. The van der Waals surface area contributed by atoms with Crippen LogP contribution in [0.3, 0.4) is 0 Å². The number of hydrogen-bond acceptors (Lipinski definition) is 2. The predicted molar refractivity (Wildman–Crippen MR) is 42.8 cm³/mol. The van der Waals surface area contributed by atoms with Gasteiger partial charge in [0.2, 0.25) is 0 Å². The van der Waals surface area contributed by atoms with Gasteiger partial charge in [-0.1, -0.05) is 0 Å². The molecule has 1 aromatic rings. The molecule has 0 saturated carbocycles. The topological polar surface area (TPSA) is 44.0 Å². The molecule has 0 fully saturated rings. The molecule has 0 spiro atoms. The minimum absolute atomic E-state index is 0.0296. The van der Waals surface area contributed by atoms with Crippen LogP contribution >= 0.6 is 0 Å². The van der Waals surface area contributed by atoms with Crippen LogP contribution in [0, 0.1) is 11.3 Å². The zero-order valence-electron chi connectivity index (χ0n) is 7.82. The molecule has 0 bridgehead atoms. The van der Waals surface area contributed by atoms with Crippen molar-refractivity contribution >= 4 is 0 Å². The molecule has 92 valence electrons. The molecule has 1 aromatic carbocycles. The van der Waals surface area contributed by atoms with E-state index in [9.17, 15) is 26.3 Å². The zero-order chi connectivity index (χ0) is 13.4. The third-order valence-electron chi connectivity index (χ3n) is 1.87. The van der Waals surface area contributed by atoms with Gasteiger partial charge in [-0.2, -0.15) is 31.6 Å². The lowest BCUT2D eigenvalue weighted by Gasteiger charge is -2.13. The van der Waals surface area contributed by atoms with Gasteiger partial charge in [0.1, 0.15) is 5.75 Å². The Bertz CT molecular complexity index is 482. The monoisotopic (exact) mass is 255 g/mol. The highest BCUT2D eigenvalue weighted by molar-refractivity contribution is 5.49. The summed E-state index contributed by atoms with van der Waals surface area (Å²) in [5.74, 6) is -1.57. The average molecular weight is 255 g/mol. The Balaban J connectivity index is 3.53. The lowest BCUT2D eigenvalue weighted by Crippen LogP contribution is -2.12. The lowest BCUT2D eigenvalue weighted by molar-refractivity contribution is -0.142. The van der Waals surface area contributed by atoms with Gasteiger partial charge in [0.05, 0.1) is 22.8 Å². The molecule has 0 heterocycles. The van der Waals surface area contributed by atoms with Crippen LogP contribution in [0.2, 0.25) is 0 Å². The fourth-order valence-corrected chi connectivity index (χ4v) is 1.14. The van der Waals surface area contributed by atoms with Crippen molar-refractivity contribution in [1.82, 2.24) is 0 Å². The van der Waals surface area contributed by atoms with E-state index in [4.69, 9.17) is 10.4 Å². The van der Waals surface area contributed by atoms with E-state index >= 15 is 0 Å². The second-order valence-electron chi connectivity index (χ2n) is 3.02. The summed E-state index contributed by atoms with van der Waals surface area (Å²) >= 11 is 0. The molecular weight excluding hydrogens is 252 g/mol. The number of phenolic OH excluding ortho intramolecular Hbond substituents is 1. The van der Waals surface area contributed by atoms with Crippen LogP contribution in [0.15, 0.2) is 12.1 Å². The summed E-state index contributed by atoms with van der Waals surface area (Å²) in [5, 5.41) is 17.2. The summed E-state index contributed by atoms with van der Waals surface area (Å²) in [6, 6.07) is 0.871. The van der Waals surface area contributed by atoms with Crippen LogP contribution in [0.4, 0.5) is 26.3 Å². The number of benzene rings is 1. The summed E-state index contributed by atoms with van der Waals surface area (Å²) in [5.41, 5.74) is -4.48. The van der Waals surface area contributed by atoms with E-state index < -0.39 is 34.8 Å². The summed E-state index contributed by atoms with van der Waals surface area (Å²) < 4.78 is 73.6. The maximum absolute atomic E-state index is 12.3. The van der Waals surface area contributed by atoms with Crippen LogP contribution in [0.5, 0.6) is 5.75 Å². The number of rotatable bonds is 0. The van der Waals surface area contributed by atoms with Crippen molar-refractivity contribution < 1.29 is 31.4 Å². The second kappa shape index (κ2) is 3.84. The summed E-state index contributed by atoms with van der Waals surface area (Å²) in [7, 11) is 0. The molecule has 17 heavy (non-hydrogen) atoms. The van der Waals surface area contributed by atoms with Crippen molar-refractivity contribution in [2.75, 3.05) is 0 Å². The quantitative estimate of drug-likeness (QED) is 0.723. The highest BCUT2D eigenvalue weighted by Crippen LogP contribution is 2.41. The Morgan fingerprint density at radius 2 is 1.41 bits per heavy atom. The Morgan fingerprint density at radius 3 is 1.76 bits per heavy atom. The van der Waals surface area contributed by atoms with Gasteiger partial charge in [-0.05, 0) is 12.1 Å². The predicted octanol–water partition coefficient (Wildman–Crippen LogP) is 3.30. The van der Waals surface area contributed by atoms with Gasteiger partial charge in [0, 0.05) is 0 Å². The van der Waals surface area contributed by atoms with Gasteiger partial charge < -0.3 is 5.11 Å². The molecular formula is C9H3F6NO. The number of halogens is 6. The van der Waals surface area contributed by atoms with E-state index in [-0.39, 0.29) is 12.1 Å². The van der Waals surface area contributed by atoms with Gasteiger partial charge in [-0.3, -0.25) is 0 Å². The van der Waals surface area contributed by atoms with Crippen LogP contribution in [-0.2, 0) is 12.4 Å². The molecule has 1 N–H and O–H groups in total. The third-order valence-corrected chi connectivity index (χ3v) is 1.87. The second-order valence-corrected chi connectivity index (χ2v) is 3.02. The molecule has 0 atom stereocenters. The van der Waals surface area contributed by atoms with Gasteiger partial charge >= 0.3 is 12.4 Å². The van der Waals surface area contributed by atoms with Crippen molar-refractivity contribution in [1.29, 1.82) is 5.26 Å². The van der Waals surface area contributed by atoms with Crippen molar-refractivity contribution in [3.05, 3.63) is 28.8 Å². The standard InChI is InChI=1S/C9H3F6NO/c10-8(11,12)5-2-7(17)6(9(13,14)15)1-4(5)3-16/h1-2,17H. The number of phenols is 1. The largest absolute Gasteiger partial charge is 0.507 e. The number of nitriles is 1. The first kappa shape index (κ1) is 13.2. The molecule has 0 aliphatic heterocycles. The van der Waals surface area contributed by atoms with E-state index in [2.05, 4.69) is 0 Å². The third kappa shape index (κ3) is 2.61. The first-order valence-electron chi connectivity index (χ1n) is 3.99. The Morgan fingerprint density at radius 1 is 0.941 bits per heavy atom. The molecule has 0 amide bonds. The van der Waals surface area contributed by atoms with Crippen molar-refractivity contribution in [3.8, 4) is 11.8 Å². The van der Waals surface area contributed by atoms with Crippen molar-refractivity contribution in [2.45, 2.75) is 12.4 Å². The zero-order valence-corrected chi connectivity index (χ0v) is 7.82. The van der Waals surface area contributed by atoms with Crippen LogP contribution in [0.25, 0.3) is 0 Å². The maximum atomic E-state index is 12.3. The molecule has 0 aromatic heterocycles. The fraction of sp³-hybridized carbons (Fsp3) is 0.222.